The highest BCUT2D eigenvalue weighted by Gasteiger charge is 2.62. The Morgan fingerprint density at radius 2 is 1.77 bits per heavy atom. The highest BCUT2D eigenvalue weighted by atomic mass is 19.4. The predicted molar refractivity (Wildman–Crippen MR) is 82.2 cm³/mol. The van der Waals surface area contributed by atoms with Gasteiger partial charge in [0.1, 0.15) is 0 Å². The lowest BCUT2D eigenvalue weighted by Gasteiger charge is -2.18. The van der Waals surface area contributed by atoms with Gasteiger partial charge < -0.3 is 15.6 Å². The smallest absolute Gasteiger partial charge is 0.359 e. The van der Waals surface area contributed by atoms with E-state index in [0.717, 1.165) is 12.1 Å². The largest absolute Gasteiger partial charge is 0.394 e. The van der Waals surface area contributed by atoms with Crippen molar-refractivity contribution in [3.05, 3.63) is 30.0 Å². The monoisotopic (exact) mass is 375 g/mol. The summed E-state index contributed by atoms with van der Waals surface area (Å²) >= 11 is 0. The van der Waals surface area contributed by atoms with Crippen molar-refractivity contribution in [1.82, 2.24) is 10.3 Å². The molecule has 0 aliphatic heterocycles. The number of carbonyl (C=O) groups excluding carboxylic acids is 2. The fourth-order valence-corrected chi connectivity index (χ4v) is 2.72. The van der Waals surface area contributed by atoms with E-state index in [2.05, 4.69) is 15.6 Å². The van der Waals surface area contributed by atoms with Crippen LogP contribution >= 0.6 is 0 Å². The molecule has 1 aromatic heterocycles. The number of benzene rings is 1. The van der Waals surface area contributed by atoms with Crippen LogP contribution in [0, 0.1) is 17.0 Å². The number of rotatable bonds is 4. The molecule has 1 aliphatic rings. The van der Waals surface area contributed by atoms with E-state index >= 15 is 0 Å². The average Bonchev–Trinajstić information content (AvgIpc) is 3.27. The second kappa shape index (κ2) is 6.26. The Kier molecular flexibility index (Phi) is 4.37. The van der Waals surface area contributed by atoms with Crippen LogP contribution < -0.4 is 10.6 Å². The summed E-state index contributed by atoms with van der Waals surface area (Å²) in [6, 6.07) is 1.75. The van der Waals surface area contributed by atoms with Gasteiger partial charge in [-0.1, -0.05) is 0 Å². The van der Waals surface area contributed by atoms with E-state index in [0.29, 0.717) is 0 Å². The maximum atomic E-state index is 13.3. The molecule has 0 spiro atoms. The van der Waals surface area contributed by atoms with Crippen molar-refractivity contribution in [2.45, 2.75) is 25.4 Å². The molecule has 1 saturated carbocycles. The minimum absolute atomic E-state index is 0.00995. The lowest BCUT2D eigenvalue weighted by atomic mass is 10.0. The minimum atomic E-state index is -4.33. The van der Waals surface area contributed by atoms with E-state index in [9.17, 15) is 31.5 Å². The van der Waals surface area contributed by atoms with Crippen molar-refractivity contribution in [2.75, 3.05) is 11.9 Å². The number of anilines is 1. The summed E-state index contributed by atoms with van der Waals surface area (Å²) in [5.74, 6) is -4.43. The normalized spacial score (nSPS) is 15.7. The maximum absolute atomic E-state index is 13.3. The highest BCUT2D eigenvalue weighted by Crippen LogP contribution is 2.59. The molecule has 2 aromatic rings. The molecule has 0 radical (unpaired) electrons. The van der Waals surface area contributed by atoms with Crippen LogP contribution in [0.2, 0.25) is 0 Å². The maximum Gasteiger partial charge on any atom is 0.394 e. The Bertz CT molecular complexity index is 871. The van der Waals surface area contributed by atoms with Gasteiger partial charge in [-0.3, -0.25) is 9.59 Å². The summed E-state index contributed by atoms with van der Waals surface area (Å²) in [5, 5.41) is 4.50. The highest BCUT2D eigenvalue weighted by molar-refractivity contribution is 6.40. The predicted octanol–water partition coefficient (Wildman–Crippen LogP) is 3.23. The van der Waals surface area contributed by atoms with Crippen molar-refractivity contribution in [1.29, 1.82) is 0 Å². The van der Waals surface area contributed by atoms with E-state index in [1.54, 1.807) is 0 Å². The minimum Gasteiger partial charge on any atom is -0.359 e. The van der Waals surface area contributed by atoms with Crippen molar-refractivity contribution in [3.63, 3.8) is 0 Å². The molecule has 26 heavy (non-hydrogen) atoms. The van der Waals surface area contributed by atoms with Crippen LogP contribution in [0.15, 0.2) is 18.3 Å². The first-order chi connectivity index (χ1) is 12.1. The third-order valence-corrected chi connectivity index (χ3v) is 4.52. The van der Waals surface area contributed by atoms with Gasteiger partial charge in [0.15, 0.2) is 11.6 Å². The number of fused-ring (bicyclic) bond motifs is 1. The molecule has 0 saturated heterocycles. The third-order valence-electron chi connectivity index (χ3n) is 4.52. The molecule has 0 bridgehead atoms. The lowest BCUT2D eigenvalue weighted by Crippen LogP contribution is -2.38. The van der Waals surface area contributed by atoms with Crippen LogP contribution in [0.3, 0.4) is 0 Å². The molecule has 1 aromatic carbocycles. The van der Waals surface area contributed by atoms with Crippen LogP contribution in [0.1, 0.15) is 19.3 Å². The third kappa shape index (κ3) is 3.35. The van der Waals surface area contributed by atoms with Crippen LogP contribution in [-0.2, 0) is 9.59 Å². The molecular formula is C16H14F5N3O2. The molecule has 0 unspecified atom stereocenters. The number of carbonyl (C=O) groups is 2. The fourth-order valence-electron chi connectivity index (χ4n) is 2.72. The van der Waals surface area contributed by atoms with E-state index in [4.69, 9.17) is 0 Å². The van der Waals surface area contributed by atoms with Crippen molar-refractivity contribution >= 4 is 28.4 Å². The van der Waals surface area contributed by atoms with Gasteiger partial charge in [0.05, 0.1) is 16.6 Å². The number of aromatic amines is 1. The summed E-state index contributed by atoms with van der Waals surface area (Å²) in [6.07, 6.45) is -3.36. The quantitative estimate of drug-likeness (QED) is 0.567. The first-order valence-corrected chi connectivity index (χ1v) is 7.75. The van der Waals surface area contributed by atoms with E-state index in [-0.39, 0.29) is 42.4 Å². The zero-order valence-corrected chi connectivity index (χ0v) is 13.3. The van der Waals surface area contributed by atoms with Gasteiger partial charge in [0.2, 0.25) is 0 Å². The topological polar surface area (TPSA) is 74.0 Å². The van der Waals surface area contributed by atoms with Gasteiger partial charge in [-0.15, -0.1) is 0 Å². The van der Waals surface area contributed by atoms with Crippen molar-refractivity contribution < 1.29 is 31.5 Å². The second-order valence-corrected chi connectivity index (χ2v) is 6.25. The number of hydrogen-bond donors (Lipinski definition) is 3. The summed E-state index contributed by atoms with van der Waals surface area (Å²) in [5.41, 5.74) is -1.51. The van der Waals surface area contributed by atoms with Gasteiger partial charge in [0, 0.05) is 24.2 Å². The number of hydrogen-bond acceptors (Lipinski definition) is 2. The van der Waals surface area contributed by atoms with E-state index in [1.165, 1.54) is 6.20 Å². The number of alkyl halides is 3. The van der Waals surface area contributed by atoms with Gasteiger partial charge in [-0.05, 0) is 25.3 Å². The molecular weight excluding hydrogens is 361 g/mol. The molecule has 1 fully saturated rings. The van der Waals surface area contributed by atoms with Crippen molar-refractivity contribution in [3.8, 4) is 0 Å². The van der Waals surface area contributed by atoms with E-state index < -0.39 is 35.0 Å². The second-order valence-electron chi connectivity index (χ2n) is 6.25. The van der Waals surface area contributed by atoms with Gasteiger partial charge in [0.25, 0.3) is 0 Å². The van der Waals surface area contributed by atoms with Crippen molar-refractivity contribution in [2.24, 2.45) is 5.41 Å². The molecule has 3 rings (SSSR count). The number of amides is 2. The van der Waals surface area contributed by atoms with Gasteiger partial charge in [-0.2, -0.15) is 13.2 Å². The molecule has 5 nitrogen and oxygen atoms in total. The first kappa shape index (κ1) is 18.2. The number of H-pyrrole nitrogens is 1. The van der Waals surface area contributed by atoms with E-state index in [1.807, 2.05) is 0 Å². The molecule has 10 heteroatoms. The van der Waals surface area contributed by atoms with Crippen LogP contribution in [0.5, 0.6) is 0 Å². The molecule has 2 amide bonds. The summed E-state index contributed by atoms with van der Waals surface area (Å²) < 4.78 is 64.8. The molecule has 0 atom stereocenters. The Balaban J connectivity index is 1.58. The Hall–Kier alpha value is -2.65. The number of halogens is 5. The van der Waals surface area contributed by atoms with Gasteiger partial charge >= 0.3 is 18.0 Å². The average molecular weight is 375 g/mol. The van der Waals surface area contributed by atoms with Gasteiger partial charge in [-0.25, -0.2) is 8.78 Å². The summed E-state index contributed by atoms with van der Waals surface area (Å²) in [4.78, 5) is 26.2. The molecule has 3 N–H and O–H groups in total. The molecule has 1 aliphatic carbocycles. The SMILES string of the molecule is O=C(NCCC1(C(F)(F)F)CC1)C(=O)Nc1c[nH]c2cc(F)c(F)cc12. The standard InChI is InChI=1S/C16H14F5N3O2/c17-9-5-8-11(6-10(9)18)23-7-12(8)24-14(26)13(25)22-4-3-15(1-2-15)16(19,20)21/h5-7,23H,1-4H2,(H,22,25)(H,24,26). The van der Waals surface area contributed by atoms with Crippen LogP contribution in [0.25, 0.3) is 10.9 Å². The Labute approximate surface area is 143 Å². The fraction of sp³-hybridized carbons (Fsp3) is 0.375. The number of nitrogens with one attached hydrogen (secondary N) is 3. The zero-order chi connectivity index (χ0) is 19.1. The Morgan fingerprint density at radius 3 is 2.38 bits per heavy atom. The molecule has 140 valence electrons. The van der Waals surface area contributed by atoms with Crippen LogP contribution in [0.4, 0.5) is 27.6 Å². The molecule has 1 heterocycles. The summed E-state index contributed by atoms with van der Waals surface area (Å²) in [6.45, 7) is -0.292. The first-order valence-electron chi connectivity index (χ1n) is 7.75. The van der Waals surface area contributed by atoms with Crippen LogP contribution in [-0.4, -0.2) is 29.5 Å². The number of aromatic nitrogens is 1. The lowest BCUT2D eigenvalue weighted by molar-refractivity contribution is -0.188. The Morgan fingerprint density at radius 1 is 1.12 bits per heavy atom. The summed E-state index contributed by atoms with van der Waals surface area (Å²) in [7, 11) is 0. The zero-order valence-electron chi connectivity index (χ0n) is 13.3.